The molecule has 0 aromatic heterocycles. The second kappa shape index (κ2) is 8.51. The molecule has 0 fully saturated rings. The lowest BCUT2D eigenvalue weighted by Crippen LogP contribution is -2.34. The van der Waals surface area contributed by atoms with E-state index in [0.717, 1.165) is 36.9 Å². The lowest BCUT2D eigenvalue weighted by Gasteiger charge is -2.16. The molecule has 0 unspecified atom stereocenters. The van der Waals surface area contributed by atoms with E-state index in [9.17, 15) is 8.42 Å². The maximum absolute atomic E-state index is 12.4. The van der Waals surface area contributed by atoms with E-state index in [1.54, 1.807) is 12.1 Å². The highest BCUT2D eigenvalue weighted by Gasteiger charge is 2.18. The summed E-state index contributed by atoms with van der Waals surface area (Å²) in [5, 5.41) is 3.32. The van der Waals surface area contributed by atoms with Gasteiger partial charge in [-0.2, -0.15) is 0 Å². The van der Waals surface area contributed by atoms with Gasteiger partial charge in [-0.3, -0.25) is 0 Å². The summed E-state index contributed by atoms with van der Waals surface area (Å²) < 4.78 is 27.6. The minimum atomic E-state index is -3.43. The fraction of sp³-hybridized carbons (Fsp3) is 0.625. The third-order valence-electron chi connectivity index (χ3n) is 3.68. The molecule has 21 heavy (non-hydrogen) atoms. The summed E-state index contributed by atoms with van der Waals surface area (Å²) in [5.41, 5.74) is 2.15. The van der Waals surface area contributed by atoms with E-state index < -0.39 is 10.0 Å². The van der Waals surface area contributed by atoms with Crippen molar-refractivity contribution >= 4 is 10.0 Å². The van der Waals surface area contributed by atoms with E-state index in [1.165, 1.54) is 0 Å². The minimum Gasteiger partial charge on any atom is -0.313 e. The summed E-state index contributed by atoms with van der Waals surface area (Å²) in [6, 6.07) is 5.34. The van der Waals surface area contributed by atoms with E-state index in [4.69, 9.17) is 0 Å². The average molecular weight is 312 g/mol. The van der Waals surface area contributed by atoms with Crippen LogP contribution in [0, 0.1) is 6.92 Å². The lowest BCUT2D eigenvalue weighted by atomic mass is 10.1. The largest absolute Gasteiger partial charge is 0.313 e. The summed E-state index contributed by atoms with van der Waals surface area (Å²) in [7, 11) is -3.43. The molecule has 120 valence electrons. The van der Waals surface area contributed by atoms with E-state index >= 15 is 0 Å². The molecule has 5 heteroatoms. The van der Waals surface area contributed by atoms with Crippen LogP contribution in [-0.2, 0) is 16.6 Å². The standard InChI is InChI=1S/C16H28N2O2S/c1-5-10-17-12-14-11-16(9-8-13(14)4)21(19,20)18-15(6-2)7-3/h8-9,11,15,17-18H,5-7,10,12H2,1-4H3. The Morgan fingerprint density at radius 1 is 1.14 bits per heavy atom. The van der Waals surface area contributed by atoms with Gasteiger partial charge in [-0.15, -0.1) is 0 Å². The van der Waals surface area contributed by atoms with Crippen molar-refractivity contribution < 1.29 is 8.42 Å². The monoisotopic (exact) mass is 312 g/mol. The summed E-state index contributed by atoms with van der Waals surface area (Å²) in [4.78, 5) is 0.355. The van der Waals surface area contributed by atoms with Gasteiger partial charge in [0.05, 0.1) is 4.90 Å². The van der Waals surface area contributed by atoms with Gasteiger partial charge in [0.25, 0.3) is 0 Å². The Morgan fingerprint density at radius 2 is 1.81 bits per heavy atom. The first kappa shape index (κ1) is 18.1. The number of hydrogen-bond acceptors (Lipinski definition) is 3. The van der Waals surface area contributed by atoms with Crippen molar-refractivity contribution in [3.05, 3.63) is 29.3 Å². The van der Waals surface area contributed by atoms with Crippen LogP contribution in [0.15, 0.2) is 23.1 Å². The number of hydrogen-bond donors (Lipinski definition) is 2. The van der Waals surface area contributed by atoms with Gasteiger partial charge in [0, 0.05) is 12.6 Å². The van der Waals surface area contributed by atoms with Crippen LogP contribution >= 0.6 is 0 Å². The molecule has 0 spiro atoms. The second-order valence-corrected chi connectivity index (χ2v) is 7.11. The molecule has 0 amide bonds. The Bertz CT molecular complexity index is 537. The maximum atomic E-state index is 12.4. The Balaban J connectivity index is 2.94. The SMILES string of the molecule is CCCNCc1cc(S(=O)(=O)NC(CC)CC)ccc1C. The smallest absolute Gasteiger partial charge is 0.240 e. The molecule has 0 aliphatic rings. The molecule has 4 nitrogen and oxygen atoms in total. The van der Waals surface area contributed by atoms with Crippen molar-refractivity contribution in [3.63, 3.8) is 0 Å². The molecule has 0 radical (unpaired) electrons. The molecular weight excluding hydrogens is 284 g/mol. The Hall–Kier alpha value is -0.910. The molecule has 1 aromatic carbocycles. The fourth-order valence-electron chi connectivity index (χ4n) is 2.15. The van der Waals surface area contributed by atoms with Gasteiger partial charge in [-0.25, -0.2) is 13.1 Å². The Labute approximate surface area is 129 Å². The van der Waals surface area contributed by atoms with Crippen LogP contribution in [0.4, 0.5) is 0 Å². The molecule has 1 rings (SSSR count). The minimum absolute atomic E-state index is 0.00188. The first-order valence-electron chi connectivity index (χ1n) is 7.77. The van der Waals surface area contributed by atoms with Gasteiger partial charge >= 0.3 is 0 Å². The third-order valence-corrected chi connectivity index (χ3v) is 5.20. The van der Waals surface area contributed by atoms with E-state index in [1.807, 2.05) is 26.8 Å². The highest BCUT2D eigenvalue weighted by atomic mass is 32.2. The highest BCUT2D eigenvalue weighted by Crippen LogP contribution is 2.16. The molecule has 0 heterocycles. The molecule has 2 N–H and O–H groups in total. The summed E-state index contributed by atoms with van der Waals surface area (Å²) in [6.45, 7) is 9.74. The lowest BCUT2D eigenvalue weighted by molar-refractivity contribution is 0.530. The molecule has 0 bridgehead atoms. The molecule has 0 aliphatic heterocycles. The second-order valence-electron chi connectivity index (χ2n) is 5.40. The van der Waals surface area contributed by atoms with Gasteiger partial charge in [0.15, 0.2) is 0 Å². The Kier molecular flexibility index (Phi) is 7.35. The predicted octanol–water partition coefficient (Wildman–Crippen LogP) is 2.96. The van der Waals surface area contributed by atoms with Crippen molar-refractivity contribution in [2.45, 2.75) is 64.4 Å². The van der Waals surface area contributed by atoms with Crippen molar-refractivity contribution in [2.75, 3.05) is 6.54 Å². The van der Waals surface area contributed by atoms with Crippen molar-refractivity contribution in [1.29, 1.82) is 0 Å². The van der Waals surface area contributed by atoms with Gasteiger partial charge in [-0.1, -0.05) is 26.8 Å². The van der Waals surface area contributed by atoms with Crippen LogP contribution in [0.2, 0.25) is 0 Å². The van der Waals surface area contributed by atoms with Gasteiger partial charge < -0.3 is 5.32 Å². The van der Waals surface area contributed by atoms with Crippen LogP contribution in [0.3, 0.4) is 0 Å². The predicted molar refractivity (Wildman–Crippen MR) is 87.9 cm³/mol. The molecule has 0 atom stereocenters. The first-order chi connectivity index (χ1) is 9.94. The van der Waals surface area contributed by atoms with Crippen LogP contribution in [0.25, 0.3) is 0 Å². The number of nitrogens with one attached hydrogen (secondary N) is 2. The van der Waals surface area contributed by atoms with Crippen molar-refractivity contribution in [1.82, 2.24) is 10.0 Å². The molecular formula is C16H28N2O2S. The number of benzene rings is 1. The number of sulfonamides is 1. The summed E-state index contributed by atoms with van der Waals surface area (Å²) in [6.07, 6.45) is 2.66. The van der Waals surface area contributed by atoms with Gasteiger partial charge in [0.1, 0.15) is 0 Å². The summed E-state index contributed by atoms with van der Waals surface area (Å²) >= 11 is 0. The van der Waals surface area contributed by atoms with Crippen molar-refractivity contribution in [3.8, 4) is 0 Å². The van der Waals surface area contributed by atoms with Gasteiger partial charge in [-0.05, 0) is 56.0 Å². The Morgan fingerprint density at radius 3 is 2.38 bits per heavy atom. The quantitative estimate of drug-likeness (QED) is 0.689. The molecule has 0 aliphatic carbocycles. The average Bonchev–Trinajstić information content (AvgIpc) is 2.46. The zero-order valence-corrected chi connectivity index (χ0v) is 14.4. The third kappa shape index (κ3) is 5.41. The number of rotatable bonds is 9. The van der Waals surface area contributed by atoms with E-state index in [2.05, 4.69) is 17.0 Å². The van der Waals surface area contributed by atoms with Crippen LogP contribution in [0.5, 0.6) is 0 Å². The molecule has 0 saturated carbocycles. The van der Waals surface area contributed by atoms with E-state index in [0.29, 0.717) is 11.4 Å². The topological polar surface area (TPSA) is 58.2 Å². The molecule has 1 aromatic rings. The summed E-state index contributed by atoms with van der Waals surface area (Å²) in [5.74, 6) is 0. The van der Waals surface area contributed by atoms with Crippen LogP contribution in [-0.4, -0.2) is 21.0 Å². The normalized spacial score (nSPS) is 12.0. The zero-order chi connectivity index (χ0) is 15.9. The zero-order valence-electron chi connectivity index (χ0n) is 13.6. The van der Waals surface area contributed by atoms with Crippen molar-refractivity contribution in [2.24, 2.45) is 0 Å². The molecule has 0 saturated heterocycles. The van der Waals surface area contributed by atoms with Crippen LogP contribution in [0.1, 0.15) is 51.2 Å². The fourth-order valence-corrected chi connectivity index (χ4v) is 3.60. The highest BCUT2D eigenvalue weighted by molar-refractivity contribution is 7.89. The first-order valence-corrected chi connectivity index (χ1v) is 9.25. The van der Waals surface area contributed by atoms with Crippen LogP contribution < -0.4 is 10.0 Å². The van der Waals surface area contributed by atoms with Gasteiger partial charge in [0.2, 0.25) is 10.0 Å². The number of aryl methyl sites for hydroxylation is 1. The maximum Gasteiger partial charge on any atom is 0.240 e. The van der Waals surface area contributed by atoms with E-state index in [-0.39, 0.29) is 6.04 Å².